The van der Waals surface area contributed by atoms with Crippen molar-refractivity contribution in [3.63, 3.8) is 0 Å². The largest absolute Gasteiger partial charge is 0.372 e. The minimum atomic E-state index is 0.771. The van der Waals surface area contributed by atoms with Gasteiger partial charge in [-0.15, -0.1) is 0 Å². The minimum Gasteiger partial charge on any atom is -0.372 e. The van der Waals surface area contributed by atoms with E-state index in [0.29, 0.717) is 0 Å². The number of hydrogen-bond acceptors (Lipinski definition) is 4. The summed E-state index contributed by atoms with van der Waals surface area (Å²) in [5.41, 5.74) is 4.79. The fourth-order valence-electron chi connectivity index (χ4n) is 3.81. The number of nitrogens with zero attached hydrogens (tertiary/aromatic N) is 4. The van der Waals surface area contributed by atoms with Gasteiger partial charge in [-0.25, -0.2) is 4.98 Å². The zero-order valence-electron chi connectivity index (χ0n) is 18.4. The third-order valence-electron chi connectivity index (χ3n) is 5.70. The van der Waals surface area contributed by atoms with Crippen LogP contribution in [0.25, 0.3) is 11.0 Å². The second-order valence-corrected chi connectivity index (χ2v) is 7.29. The molecule has 3 rings (SSSR count). The molecule has 0 saturated heterocycles. The van der Waals surface area contributed by atoms with E-state index < -0.39 is 0 Å². The quantitative estimate of drug-likeness (QED) is 0.506. The molecule has 0 fully saturated rings. The molecule has 0 spiro atoms. The summed E-state index contributed by atoms with van der Waals surface area (Å²) >= 11 is 0. The third-order valence-corrected chi connectivity index (χ3v) is 5.70. The molecule has 5 nitrogen and oxygen atoms in total. The Morgan fingerprint density at radius 3 is 2.21 bits per heavy atom. The van der Waals surface area contributed by atoms with Gasteiger partial charge in [-0.3, -0.25) is 0 Å². The summed E-state index contributed by atoms with van der Waals surface area (Å²) in [6.45, 7) is 15.8. The predicted octanol–water partition coefficient (Wildman–Crippen LogP) is 4.84. The lowest BCUT2D eigenvalue weighted by atomic mass is 10.2. The molecule has 0 bridgehead atoms. The van der Waals surface area contributed by atoms with Crippen LogP contribution in [0.3, 0.4) is 0 Å². The summed E-state index contributed by atoms with van der Waals surface area (Å²) in [5.74, 6) is 0.950. The highest BCUT2D eigenvalue weighted by atomic mass is 15.2. The van der Waals surface area contributed by atoms with Crippen molar-refractivity contribution in [2.45, 2.75) is 40.8 Å². The molecule has 0 amide bonds. The lowest BCUT2D eigenvalue weighted by molar-refractivity contribution is 0.292. The summed E-state index contributed by atoms with van der Waals surface area (Å²) in [4.78, 5) is 9.67. The van der Waals surface area contributed by atoms with E-state index in [2.05, 4.69) is 95.9 Å². The smallest absolute Gasteiger partial charge is 0.204 e. The van der Waals surface area contributed by atoms with E-state index in [1.165, 1.54) is 16.8 Å². The van der Waals surface area contributed by atoms with Gasteiger partial charge in [-0.1, -0.05) is 38.1 Å². The highest BCUT2D eigenvalue weighted by molar-refractivity contribution is 5.78. The monoisotopic (exact) mass is 393 g/mol. The number of hydrogen-bond donors (Lipinski definition) is 1. The Morgan fingerprint density at radius 1 is 0.862 bits per heavy atom. The van der Waals surface area contributed by atoms with Gasteiger partial charge in [-0.05, 0) is 56.8 Å². The van der Waals surface area contributed by atoms with Gasteiger partial charge in [0.15, 0.2) is 0 Å². The van der Waals surface area contributed by atoms with E-state index in [1.54, 1.807) is 0 Å². The molecule has 5 heteroatoms. The number of nitrogens with one attached hydrogen (secondary N) is 1. The Labute approximate surface area is 175 Å². The molecule has 1 heterocycles. The van der Waals surface area contributed by atoms with Crippen molar-refractivity contribution in [1.82, 2.24) is 14.5 Å². The number of anilines is 2. The van der Waals surface area contributed by atoms with Crippen LogP contribution < -0.4 is 10.2 Å². The van der Waals surface area contributed by atoms with Crippen LogP contribution in [-0.2, 0) is 13.1 Å². The van der Waals surface area contributed by atoms with Gasteiger partial charge >= 0.3 is 0 Å². The van der Waals surface area contributed by atoms with E-state index in [4.69, 9.17) is 4.98 Å². The molecule has 0 aliphatic carbocycles. The van der Waals surface area contributed by atoms with Gasteiger partial charge in [0.25, 0.3) is 0 Å². The molecule has 156 valence electrons. The molecular weight excluding hydrogens is 358 g/mol. The summed E-state index contributed by atoms with van der Waals surface area (Å²) in [6, 6.07) is 17.3. The molecule has 0 unspecified atom stereocenters. The van der Waals surface area contributed by atoms with Crippen LogP contribution in [0.2, 0.25) is 0 Å². The Bertz CT molecular complexity index is 876. The normalized spacial score (nSPS) is 11.3. The zero-order chi connectivity index (χ0) is 20.6. The van der Waals surface area contributed by atoms with E-state index in [9.17, 15) is 0 Å². The topological polar surface area (TPSA) is 36.3 Å². The highest BCUT2D eigenvalue weighted by Gasteiger charge is 2.11. The van der Waals surface area contributed by atoms with E-state index >= 15 is 0 Å². The Morgan fingerprint density at radius 2 is 1.55 bits per heavy atom. The van der Waals surface area contributed by atoms with Gasteiger partial charge in [0, 0.05) is 38.4 Å². The molecule has 0 aliphatic rings. The van der Waals surface area contributed by atoms with Crippen LogP contribution in [0.15, 0.2) is 48.5 Å². The lowest BCUT2D eigenvalue weighted by Crippen LogP contribution is -2.27. The standard InChI is InChI=1S/C24H35N5/c1-5-27(6-2)17-18-29-23-12-10-9-11-22(23)26-24(29)25-19-20-13-15-21(16-14-20)28(7-3)8-4/h9-16H,5-8,17-19H2,1-4H3,(H,25,26). The number of fused-ring (bicyclic) bond motifs is 1. The van der Waals surface area contributed by atoms with Crippen LogP contribution in [0.5, 0.6) is 0 Å². The van der Waals surface area contributed by atoms with Gasteiger partial charge in [0.1, 0.15) is 0 Å². The number of para-hydroxylation sites is 2. The summed E-state index contributed by atoms with van der Waals surface area (Å²) in [7, 11) is 0. The molecule has 0 aliphatic heterocycles. The van der Waals surface area contributed by atoms with Gasteiger partial charge in [0.2, 0.25) is 5.95 Å². The minimum absolute atomic E-state index is 0.771. The van der Waals surface area contributed by atoms with Gasteiger partial charge < -0.3 is 19.7 Å². The molecule has 1 aromatic heterocycles. The first-order valence-electron chi connectivity index (χ1n) is 10.9. The van der Waals surface area contributed by atoms with Crippen molar-refractivity contribution in [2.24, 2.45) is 0 Å². The fraction of sp³-hybridized carbons (Fsp3) is 0.458. The highest BCUT2D eigenvalue weighted by Crippen LogP contribution is 2.21. The maximum Gasteiger partial charge on any atom is 0.204 e. The molecule has 0 radical (unpaired) electrons. The number of aromatic nitrogens is 2. The second kappa shape index (κ2) is 10.3. The second-order valence-electron chi connectivity index (χ2n) is 7.29. The van der Waals surface area contributed by atoms with Crippen LogP contribution in [0.1, 0.15) is 33.3 Å². The first-order valence-corrected chi connectivity index (χ1v) is 10.9. The summed E-state index contributed by atoms with van der Waals surface area (Å²) < 4.78 is 2.32. The molecule has 29 heavy (non-hydrogen) atoms. The Hall–Kier alpha value is -2.53. The molecule has 0 saturated carbocycles. The van der Waals surface area contributed by atoms with Crippen molar-refractivity contribution in [1.29, 1.82) is 0 Å². The Balaban J connectivity index is 1.74. The first kappa shape index (κ1) is 21.2. The van der Waals surface area contributed by atoms with Crippen molar-refractivity contribution in [3.8, 4) is 0 Å². The van der Waals surface area contributed by atoms with Crippen molar-refractivity contribution < 1.29 is 0 Å². The zero-order valence-corrected chi connectivity index (χ0v) is 18.4. The number of rotatable bonds is 11. The Kier molecular flexibility index (Phi) is 7.53. The van der Waals surface area contributed by atoms with Crippen molar-refractivity contribution in [3.05, 3.63) is 54.1 Å². The summed E-state index contributed by atoms with van der Waals surface area (Å²) in [6.07, 6.45) is 0. The van der Waals surface area contributed by atoms with Crippen LogP contribution in [-0.4, -0.2) is 47.2 Å². The maximum absolute atomic E-state index is 4.85. The van der Waals surface area contributed by atoms with Crippen LogP contribution in [0.4, 0.5) is 11.6 Å². The van der Waals surface area contributed by atoms with E-state index in [-0.39, 0.29) is 0 Å². The van der Waals surface area contributed by atoms with Gasteiger partial charge in [-0.2, -0.15) is 0 Å². The van der Waals surface area contributed by atoms with Gasteiger partial charge in [0.05, 0.1) is 11.0 Å². The lowest BCUT2D eigenvalue weighted by Gasteiger charge is -2.21. The predicted molar refractivity (Wildman–Crippen MR) is 125 cm³/mol. The molecule has 1 N–H and O–H groups in total. The number of benzene rings is 2. The SMILES string of the molecule is CCN(CC)CCn1c(NCc2ccc(N(CC)CC)cc2)nc2ccccc21. The van der Waals surface area contributed by atoms with Crippen molar-refractivity contribution in [2.75, 3.05) is 42.9 Å². The molecule has 3 aromatic rings. The van der Waals surface area contributed by atoms with E-state index in [0.717, 1.165) is 57.3 Å². The maximum atomic E-state index is 4.85. The average Bonchev–Trinajstić information content (AvgIpc) is 3.12. The number of imidazole rings is 1. The summed E-state index contributed by atoms with van der Waals surface area (Å²) in [5, 5.41) is 3.58. The first-order chi connectivity index (χ1) is 14.2. The molecule has 2 aromatic carbocycles. The third kappa shape index (κ3) is 5.10. The fourth-order valence-corrected chi connectivity index (χ4v) is 3.81. The molecule has 0 atom stereocenters. The van der Waals surface area contributed by atoms with E-state index in [1.807, 2.05) is 0 Å². The van der Waals surface area contributed by atoms with Crippen molar-refractivity contribution >= 4 is 22.7 Å². The van der Waals surface area contributed by atoms with Crippen LogP contribution in [0, 0.1) is 0 Å². The number of likely N-dealkylation sites (N-methyl/N-ethyl adjacent to an activating group) is 1. The molecular formula is C24H35N5. The van der Waals surface area contributed by atoms with Crippen LogP contribution >= 0.6 is 0 Å². The average molecular weight is 394 g/mol.